The average Bonchev–Trinajstić information content (AvgIpc) is 3.26. The van der Waals surface area contributed by atoms with Gasteiger partial charge in [-0.3, -0.25) is 5.04 Å². The zero-order valence-electron chi connectivity index (χ0n) is 40.6. The summed E-state index contributed by atoms with van der Waals surface area (Å²) in [7, 11) is -23.4. The van der Waals surface area contributed by atoms with Crippen LogP contribution in [-0.2, 0) is 60.0 Å². The number of hydrogen-bond acceptors (Lipinski definition) is 31. The van der Waals surface area contributed by atoms with Crippen LogP contribution in [0.3, 0.4) is 0 Å². The summed E-state index contributed by atoms with van der Waals surface area (Å²) in [5.74, 6) is -1.67. The Hall–Kier alpha value is -0.780. The van der Waals surface area contributed by atoms with Crippen molar-refractivity contribution in [1.82, 2.24) is 29.9 Å². The van der Waals surface area contributed by atoms with E-state index in [-0.39, 0.29) is 252 Å². The van der Waals surface area contributed by atoms with Gasteiger partial charge >= 0.3 is 177 Å². The molecule has 2 heterocycles. The molecule has 0 aliphatic heterocycles. The minimum Gasteiger partial charge on any atom is -0.744 e. The summed E-state index contributed by atoms with van der Waals surface area (Å²) in [5.41, 5.74) is -1.37. The summed E-state index contributed by atoms with van der Waals surface area (Å²) in [6.45, 7) is 0. The molecule has 0 atom stereocenters. The van der Waals surface area contributed by atoms with Crippen molar-refractivity contribution in [2.45, 2.75) is 29.4 Å². The van der Waals surface area contributed by atoms with Gasteiger partial charge in [-0.25, -0.2) is 42.1 Å². The van der Waals surface area contributed by atoms with Gasteiger partial charge in [0.15, 0.2) is 0 Å². The van der Waals surface area contributed by atoms with E-state index in [0.717, 1.165) is 60.7 Å². The summed E-state index contributed by atoms with van der Waals surface area (Å²) >= 11 is 0.235. The van der Waals surface area contributed by atoms with E-state index in [0.29, 0.717) is 12.1 Å². The molecule has 76 heavy (non-hydrogen) atoms. The summed E-state index contributed by atoms with van der Waals surface area (Å²) in [4.78, 5) is 19.7. The molecule has 0 radical (unpaired) electrons. The van der Waals surface area contributed by atoms with Crippen LogP contribution in [0.2, 0.25) is 0 Å². The molecular formula is C34H26N12Na6O18S6. The largest absolute Gasteiger partial charge is 1.00 e. The van der Waals surface area contributed by atoms with E-state index in [9.17, 15) is 70.1 Å². The summed E-state index contributed by atoms with van der Waals surface area (Å²) in [5, 5.41) is 29.4. The minimum absolute atomic E-state index is 0. The molecule has 0 aliphatic rings. The second-order valence-electron chi connectivity index (χ2n) is 13.3. The SMILES string of the molecule is CNc1nc(Nc2ccc(C=Cc3ccc(Nc4nc(NC)nc(Nc5ccc(S(=O)(=O)[O-])cc5S(=O)(=O)[O-])n4)cc3S(=O)(=O)[O-])c(S(=O)(=O)[O-])c2)nc(Nc2ccc(S(=O)(=O)[O-])cc2SOO[O-])n1.[Na+].[Na+].[Na+].[Na+].[Na+].[Na+]. The van der Waals surface area contributed by atoms with E-state index in [1.807, 2.05) is 0 Å². The van der Waals surface area contributed by atoms with Crippen LogP contribution in [-0.4, -0.2) is 109 Å². The Kier molecular flexibility index (Phi) is 31.3. The van der Waals surface area contributed by atoms with E-state index >= 15 is 0 Å². The van der Waals surface area contributed by atoms with Crippen LogP contribution in [0.5, 0.6) is 0 Å². The topological polar surface area (TPSA) is 477 Å². The Labute approximate surface area is 570 Å². The van der Waals surface area contributed by atoms with Gasteiger partial charge in [0.2, 0.25) is 35.7 Å². The van der Waals surface area contributed by atoms with Crippen LogP contribution in [0.4, 0.5) is 58.4 Å². The van der Waals surface area contributed by atoms with E-state index in [4.69, 9.17) is 0 Å². The number of nitrogens with one attached hydrogen (secondary N) is 6. The van der Waals surface area contributed by atoms with Crippen LogP contribution in [0.25, 0.3) is 12.2 Å². The van der Waals surface area contributed by atoms with Gasteiger partial charge in [-0.05, 0) is 71.8 Å². The second-order valence-corrected chi connectivity index (χ2v) is 20.8. The fraction of sp³-hybridized carbons (Fsp3) is 0.0588. The second kappa shape index (κ2) is 31.6. The number of nitrogens with zero attached hydrogens (tertiary/aromatic N) is 6. The van der Waals surface area contributed by atoms with Crippen LogP contribution in [0.15, 0.2) is 102 Å². The molecule has 0 saturated heterocycles. The molecule has 0 amide bonds. The minimum atomic E-state index is -5.40. The van der Waals surface area contributed by atoms with E-state index in [1.54, 1.807) is 0 Å². The van der Waals surface area contributed by atoms with E-state index < -0.39 is 86.7 Å². The third kappa shape index (κ3) is 21.2. The van der Waals surface area contributed by atoms with Crippen LogP contribution < -0.4 is 215 Å². The molecular weight excluding hydrogens is 1190 g/mol. The first-order chi connectivity index (χ1) is 32.6. The molecule has 0 aliphatic carbocycles. The number of hydrogen-bond donors (Lipinski definition) is 6. The van der Waals surface area contributed by atoms with Crippen molar-refractivity contribution in [2.24, 2.45) is 0 Å². The van der Waals surface area contributed by atoms with Crippen molar-refractivity contribution in [3.63, 3.8) is 0 Å². The quantitative estimate of drug-likeness (QED) is 0.0103. The monoisotopic (exact) mass is 1220 g/mol. The number of benzene rings is 4. The predicted octanol–water partition coefficient (Wildman–Crippen LogP) is -16.9. The van der Waals surface area contributed by atoms with Crippen molar-refractivity contribution in [2.75, 3.05) is 46.0 Å². The molecule has 6 N–H and O–H groups in total. The maximum atomic E-state index is 12.5. The molecule has 0 unspecified atom stereocenters. The van der Waals surface area contributed by atoms with E-state index in [2.05, 4.69) is 71.2 Å². The molecule has 0 fully saturated rings. The van der Waals surface area contributed by atoms with Crippen LogP contribution >= 0.6 is 12.0 Å². The molecule has 0 saturated carbocycles. The molecule has 6 aromatic rings. The predicted molar refractivity (Wildman–Crippen MR) is 234 cm³/mol. The molecule has 30 nitrogen and oxygen atoms in total. The molecule has 372 valence electrons. The first-order valence-electron chi connectivity index (χ1n) is 18.3. The van der Waals surface area contributed by atoms with Gasteiger partial charge in [0.25, 0.3) is 0 Å². The Morgan fingerprint density at radius 1 is 0.434 bits per heavy atom. The molecule has 6 rings (SSSR count). The standard InChI is InChI=1S/C34H32N12O18S6.6Na/c1-35-29-41-31(45-33(43-29)39-23-11-9-21(66(48,49)50)15-25(23)65-64-63-47)37-19-7-5-17(26(13-19)68(54,55)56)3-4-18-6-8-20(14-27(18)69(57,58)59)38-32-42-30(36-2)44-34(46-32)40-24-12-10-22(67(51,52)53)16-28(24)70(60,61)62;;;;;;/h3-16,47H,1-2H3,(H,48,49,50)(H,51,52,53)(H,54,55,56)(H,57,58,59)(H,60,61,62)(H3,35,37,39,41,43,45)(H3,36,38,40,42,44,46);;;;;;/q;6*+1/p-6. The first kappa shape index (κ1) is 75.2. The maximum absolute atomic E-state index is 12.5. The number of aromatic nitrogens is 6. The fourth-order valence-corrected chi connectivity index (χ4v) is 9.34. The summed E-state index contributed by atoms with van der Waals surface area (Å²) in [6.07, 6.45) is 2.04. The van der Waals surface area contributed by atoms with Gasteiger partial charge < -0.3 is 59.9 Å². The van der Waals surface area contributed by atoms with Crippen molar-refractivity contribution in [3.05, 3.63) is 83.9 Å². The Bertz CT molecular complexity index is 3660. The van der Waals surface area contributed by atoms with E-state index in [1.165, 1.54) is 26.2 Å². The maximum Gasteiger partial charge on any atom is 1.00 e. The van der Waals surface area contributed by atoms with Gasteiger partial charge in [-0.2, -0.15) is 34.2 Å². The van der Waals surface area contributed by atoms with Crippen molar-refractivity contribution < 1.29 is 257 Å². The smallest absolute Gasteiger partial charge is 0.744 e. The first-order valence-corrected chi connectivity index (χ1v) is 26.1. The fourth-order valence-electron chi connectivity index (χ4n) is 5.66. The van der Waals surface area contributed by atoms with Crippen LogP contribution in [0, 0.1) is 0 Å². The molecule has 0 spiro atoms. The zero-order valence-corrected chi connectivity index (χ0v) is 57.5. The Morgan fingerprint density at radius 3 is 1.16 bits per heavy atom. The summed E-state index contributed by atoms with van der Waals surface area (Å²) in [6, 6.07) is 11.2. The van der Waals surface area contributed by atoms with Crippen molar-refractivity contribution in [1.29, 1.82) is 0 Å². The van der Waals surface area contributed by atoms with Gasteiger partial charge in [0.1, 0.15) is 50.6 Å². The molecule has 4 aromatic carbocycles. The number of rotatable bonds is 20. The zero-order chi connectivity index (χ0) is 51.4. The Morgan fingerprint density at radius 2 is 0.789 bits per heavy atom. The third-order valence-corrected chi connectivity index (χ3v) is 13.6. The van der Waals surface area contributed by atoms with Gasteiger partial charge in [0, 0.05) is 25.5 Å². The third-order valence-electron chi connectivity index (χ3n) is 8.64. The average molecular weight is 1220 g/mol. The van der Waals surface area contributed by atoms with Crippen LogP contribution in [0.1, 0.15) is 11.1 Å². The molecule has 2 aromatic heterocycles. The van der Waals surface area contributed by atoms with Gasteiger partial charge in [0.05, 0.1) is 52.8 Å². The Balaban J connectivity index is 0.00000937. The molecule has 0 bridgehead atoms. The summed E-state index contributed by atoms with van der Waals surface area (Å²) < 4.78 is 184. The van der Waals surface area contributed by atoms with Gasteiger partial charge in [-0.15, -0.1) is 0 Å². The van der Waals surface area contributed by atoms with Gasteiger partial charge in [-0.1, -0.05) is 24.3 Å². The molecule has 42 heteroatoms. The van der Waals surface area contributed by atoms with Crippen molar-refractivity contribution >= 4 is 133 Å². The number of anilines is 10. The van der Waals surface area contributed by atoms with Crippen molar-refractivity contribution in [3.8, 4) is 0 Å². The normalized spacial score (nSPS) is 11.4.